The van der Waals surface area contributed by atoms with Gasteiger partial charge in [0.05, 0.1) is 0 Å². The van der Waals surface area contributed by atoms with Crippen LogP contribution in [0.3, 0.4) is 0 Å². The molecule has 0 aliphatic rings. The molecule has 0 aromatic carbocycles. The van der Waals surface area contributed by atoms with E-state index in [1.54, 1.807) is 39.0 Å². The summed E-state index contributed by atoms with van der Waals surface area (Å²) < 4.78 is 15.7. The minimum atomic E-state index is -1.13. The number of allylic oxidation sites excluding steroid dienone is 2. The Balaban J connectivity index is 5.10. The number of hydrogen-bond acceptors (Lipinski definition) is 6. The smallest absolute Gasteiger partial charge is 0.410 e. The molecule has 0 aromatic rings. The van der Waals surface area contributed by atoms with Gasteiger partial charge in [0.15, 0.2) is 6.10 Å². The number of esters is 2. The lowest BCUT2D eigenvalue weighted by Crippen LogP contribution is -2.47. The van der Waals surface area contributed by atoms with Crippen LogP contribution in [0.2, 0.25) is 0 Å². The van der Waals surface area contributed by atoms with Crippen molar-refractivity contribution in [3.8, 4) is 0 Å². The topological polar surface area (TPSA) is 82.1 Å². The van der Waals surface area contributed by atoms with E-state index in [-0.39, 0.29) is 12.5 Å². The first-order chi connectivity index (χ1) is 13.3. The summed E-state index contributed by atoms with van der Waals surface area (Å²) in [5.41, 5.74) is -0.0366. The molecule has 0 radical (unpaired) electrons. The predicted octanol–water partition coefficient (Wildman–Crippen LogP) is 4.04. The molecule has 0 aliphatic heterocycles. The number of likely N-dealkylation sites (N-methyl/N-ethyl adjacent to an activating group) is 1. The molecule has 29 heavy (non-hydrogen) atoms. The number of hydrogen-bond donors (Lipinski definition) is 0. The van der Waals surface area contributed by atoms with Crippen molar-refractivity contribution in [2.24, 2.45) is 5.92 Å². The first-order valence-electron chi connectivity index (χ1n) is 9.59. The van der Waals surface area contributed by atoms with Gasteiger partial charge in [-0.3, -0.25) is 4.90 Å². The molecule has 0 fully saturated rings. The van der Waals surface area contributed by atoms with Crippen LogP contribution >= 0.6 is 0 Å². The van der Waals surface area contributed by atoms with E-state index in [0.29, 0.717) is 12.0 Å². The molecular formula is C22H35NO6. The van der Waals surface area contributed by atoms with Gasteiger partial charge in [-0.1, -0.05) is 45.2 Å². The third kappa shape index (κ3) is 10.5. The maximum Gasteiger partial charge on any atom is 0.410 e. The monoisotopic (exact) mass is 409 g/mol. The Hall–Kier alpha value is -2.57. The molecule has 0 aromatic heterocycles. The molecular weight excluding hydrogens is 374 g/mol. The number of nitrogens with zero attached hydrogens (tertiary/aromatic N) is 1. The summed E-state index contributed by atoms with van der Waals surface area (Å²) in [6, 6.07) is -0.885. The van der Waals surface area contributed by atoms with Crippen LogP contribution in [0.5, 0.6) is 0 Å². The van der Waals surface area contributed by atoms with Crippen LogP contribution in [-0.4, -0.2) is 54.3 Å². The molecule has 164 valence electrons. The normalized spacial score (nSPS) is 13.9. The Morgan fingerprint density at radius 2 is 1.66 bits per heavy atom. The number of carbonyl (C=O) groups is 3. The van der Waals surface area contributed by atoms with Gasteiger partial charge in [-0.15, -0.1) is 0 Å². The Kier molecular flexibility index (Phi) is 11.0. The molecule has 0 heterocycles. The Morgan fingerprint density at radius 3 is 2.10 bits per heavy atom. The lowest BCUT2D eigenvalue weighted by atomic mass is 10.0. The van der Waals surface area contributed by atoms with Crippen molar-refractivity contribution in [1.82, 2.24) is 4.90 Å². The van der Waals surface area contributed by atoms with E-state index in [4.69, 9.17) is 14.2 Å². The van der Waals surface area contributed by atoms with Gasteiger partial charge in [-0.05, 0) is 45.6 Å². The summed E-state index contributed by atoms with van der Waals surface area (Å²) in [5, 5.41) is 0. The van der Waals surface area contributed by atoms with Crippen molar-refractivity contribution in [2.45, 2.75) is 65.7 Å². The van der Waals surface area contributed by atoms with E-state index in [0.717, 1.165) is 0 Å². The number of carbonyl (C=O) groups excluding carboxylic acids is 3. The van der Waals surface area contributed by atoms with Crippen molar-refractivity contribution < 1.29 is 28.6 Å². The molecule has 0 rings (SSSR count). The fraction of sp³-hybridized carbons (Fsp3) is 0.591. The fourth-order valence-electron chi connectivity index (χ4n) is 2.22. The van der Waals surface area contributed by atoms with Crippen LogP contribution in [0.15, 0.2) is 37.0 Å². The molecule has 2 atom stereocenters. The minimum Gasteiger partial charge on any atom is -0.458 e. The minimum absolute atomic E-state index is 0.0104. The second kappa shape index (κ2) is 12.1. The highest BCUT2D eigenvalue weighted by molar-refractivity contribution is 5.84. The van der Waals surface area contributed by atoms with Crippen LogP contribution in [0.1, 0.15) is 48.0 Å². The van der Waals surface area contributed by atoms with Crippen LogP contribution in [-0.2, 0) is 23.8 Å². The molecule has 0 saturated heterocycles. The molecule has 7 nitrogen and oxygen atoms in total. The summed E-state index contributed by atoms with van der Waals surface area (Å²) in [6.07, 6.45) is 3.35. The Morgan fingerprint density at radius 1 is 1.07 bits per heavy atom. The molecule has 0 spiro atoms. The molecule has 0 saturated carbocycles. The zero-order chi connectivity index (χ0) is 22.8. The Labute approximate surface area is 174 Å². The molecule has 0 aliphatic carbocycles. The van der Waals surface area contributed by atoms with E-state index >= 15 is 0 Å². The lowest BCUT2D eigenvalue weighted by molar-refractivity contribution is -0.169. The van der Waals surface area contributed by atoms with Gasteiger partial charge in [0, 0.05) is 7.05 Å². The van der Waals surface area contributed by atoms with Gasteiger partial charge in [-0.2, -0.15) is 0 Å². The maximum absolute atomic E-state index is 12.7. The van der Waals surface area contributed by atoms with Gasteiger partial charge in [0.25, 0.3) is 0 Å². The SMILES string of the molecule is C=C/C=C(\C=C)COC(=O)C(C)OC(=O)C(CC(C)C)N(C)C(=O)OC(C)(C)C. The quantitative estimate of drug-likeness (QED) is 0.308. The van der Waals surface area contributed by atoms with Gasteiger partial charge < -0.3 is 14.2 Å². The van der Waals surface area contributed by atoms with E-state index in [9.17, 15) is 14.4 Å². The first kappa shape index (κ1) is 26.4. The number of rotatable bonds is 10. The fourth-order valence-corrected chi connectivity index (χ4v) is 2.22. The summed E-state index contributed by atoms with van der Waals surface area (Å²) in [7, 11) is 1.47. The maximum atomic E-state index is 12.7. The molecule has 0 bridgehead atoms. The average Bonchev–Trinajstić information content (AvgIpc) is 2.60. The van der Waals surface area contributed by atoms with Crippen molar-refractivity contribution in [2.75, 3.05) is 13.7 Å². The highest BCUT2D eigenvalue weighted by atomic mass is 16.6. The third-order valence-electron chi connectivity index (χ3n) is 3.72. The van der Waals surface area contributed by atoms with Crippen molar-refractivity contribution in [3.63, 3.8) is 0 Å². The van der Waals surface area contributed by atoms with Crippen LogP contribution in [0, 0.1) is 5.92 Å². The van der Waals surface area contributed by atoms with E-state index < -0.39 is 35.8 Å². The zero-order valence-corrected chi connectivity index (χ0v) is 18.7. The second-order valence-corrected chi connectivity index (χ2v) is 8.10. The number of ether oxygens (including phenoxy) is 3. The summed E-state index contributed by atoms with van der Waals surface area (Å²) in [5.74, 6) is -1.28. The first-order valence-corrected chi connectivity index (χ1v) is 9.59. The Bertz CT molecular complexity index is 630. The number of amides is 1. The molecule has 1 amide bonds. The van der Waals surface area contributed by atoms with Crippen molar-refractivity contribution in [1.29, 1.82) is 0 Å². The molecule has 0 N–H and O–H groups in total. The van der Waals surface area contributed by atoms with Crippen LogP contribution < -0.4 is 0 Å². The third-order valence-corrected chi connectivity index (χ3v) is 3.72. The van der Waals surface area contributed by atoms with E-state index in [1.165, 1.54) is 18.9 Å². The van der Waals surface area contributed by atoms with Crippen LogP contribution in [0.25, 0.3) is 0 Å². The second-order valence-electron chi connectivity index (χ2n) is 8.10. The van der Waals surface area contributed by atoms with Crippen LogP contribution in [0.4, 0.5) is 4.79 Å². The van der Waals surface area contributed by atoms with Crippen molar-refractivity contribution >= 4 is 18.0 Å². The van der Waals surface area contributed by atoms with Gasteiger partial charge in [0.2, 0.25) is 0 Å². The largest absolute Gasteiger partial charge is 0.458 e. The summed E-state index contributed by atoms with van der Waals surface area (Å²) >= 11 is 0. The predicted molar refractivity (Wildman–Crippen MR) is 112 cm³/mol. The van der Waals surface area contributed by atoms with Crippen molar-refractivity contribution in [3.05, 3.63) is 37.0 Å². The summed E-state index contributed by atoms with van der Waals surface area (Å²) in [4.78, 5) is 38.4. The van der Waals surface area contributed by atoms with Gasteiger partial charge in [-0.25, -0.2) is 14.4 Å². The summed E-state index contributed by atoms with van der Waals surface area (Å²) in [6.45, 7) is 17.7. The highest BCUT2D eigenvalue weighted by Crippen LogP contribution is 2.17. The highest BCUT2D eigenvalue weighted by Gasteiger charge is 2.34. The standard InChI is InChI=1S/C22H35NO6/c1-10-12-17(11-2)14-27-19(24)16(5)28-20(25)18(13-15(3)4)23(9)21(26)29-22(6,7)8/h10-12,15-16,18H,1-2,13-14H2,3-9H3/b17-12+. The van der Waals surface area contributed by atoms with Gasteiger partial charge >= 0.3 is 18.0 Å². The molecule has 2 unspecified atom stereocenters. The van der Waals surface area contributed by atoms with Gasteiger partial charge in [0.1, 0.15) is 18.2 Å². The zero-order valence-electron chi connectivity index (χ0n) is 18.7. The van der Waals surface area contributed by atoms with E-state index in [2.05, 4.69) is 13.2 Å². The van der Waals surface area contributed by atoms with E-state index in [1.807, 2.05) is 13.8 Å². The molecule has 7 heteroatoms. The lowest BCUT2D eigenvalue weighted by Gasteiger charge is -2.30. The average molecular weight is 410 g/mol.